The van der Waals surface area contributed by atoms with Crippen molar-refractivity contribution in [3.63, 3.8) is 0 Å². The van der Waals surface area contributed by atoms with Gasteiger partial charge in [-0.15, -0.1) is 0 Å². The first kappa shape index (κ1) is 44.5. The van der Waals surface area contributed by atoms with Crippen LogP contribution in [0.2, 0.25) is 0 Å². The molecule has 14 N–H and O–H groups in total. The van der Waals surface area contributed by atoms with Gasteiger partial charge < -0.3 is 68.2 Å². The highest BCUT2D eigenvalue weighted by molar-refractivity contribution is 5.98. The van der Waals surface area contributed by atoms with E-state index in [4.69, 9.17) is 10.8 Å². The summed E-state index contributed by atoms with van der Waals surface area (Å²) in [6.07, 6.45) is -2.28. The number of aromatic nitrogens is 1. The van der Waals surface area contributed by atoms with Crippen molar-refractivity contribution in [3.05, 3.63) is 36.0 Å². The molecule has 0 fully saturated rings. The number of aliphatic hydroxyl groups is 1. The third-order valence-corrected chi connectivity index (χ3v) is 7.69. The number of carbonyl (C=O) groups is 10. The van der Waals surface area contributed by atoms with E-state index in [9.17, 15) is 68.4 Å². The maximum Gasteiger partial charge on any atom is 0.326 e. The second kappa shape index (κ2) is 21.2. The number of aliphatic carboxylic acids is 4. The molecule has 1 heterocycles. The van der Waals surface area contributed by atoms with E-state index >= 15 is 0 Å². The molecule has 1 aromatic carbocycles. The van der Waals surface area contributed by atoms with Gasteiger partial charge in [0, 0.05) is 29.9 Å². The summed E-state index contributed by atoms with van der Waals surface area (Å²) in [5, 5.41) is 60.0. The van der Waals surface area contributed by atoms with Crippen LogP contribution in [0.4, 0.5) is 0 Å². The molecule has 0 aliphatic heterocycles. The molecule has 0 radical (unpaired) electrons. The summed E-state index contributed by atoms with van der Waals surface area (Å²) in [7, 11) is 0. The number of nitrogens with one attached hydrogen (secondary N) is 7. The summed E-state index contributed by atoms with van der Waals surface area (Å²) in [5.41, 5.74) is 6.68. The summed E-state index contributed by atoms with van der Waals surface area (Å²) in [6.45, 7) is -0.416. The summed E-state index contributed by atoms with van der Waals surface area (Å²) >= 11 is 0. The first-order valence-electron chi connectivity index (χ1n) is 16.4. The normalized spacial score (nSPS) is 14.1. The first-order chi connectivity index (χ1) is 25.8. The minimum absolute atomic E-state index is 0.215. The molecular weight excluding hydrogens is 736 g/mol. The molecular formula is C32H42N8O15. The lowest BCUT2D eigenvalue weighted by Gasteiger charge is -2.26. The van der Waals surface area contributed by atoms with Crippen molar-refractivity contribution in [2.45, 2.75) is 75.3 Å². The second-order valence-corrected chi connectivity index (χ2v) is 12.1. The van der Waals surface area contributed by atoms with Gasteiger partial charge in [0.25, 0.3) is 0 Å². The molecule has 55 heavy (non-hydrogen) atoms. The summed E-state index contributed by atoms with van der Waals surface area (Å²) in [4.78, 5) is 126. The van der Waals surface area contributed by atoms with E-state index in [1.807, 2.05) is 10.6 Å². The molecule has 1 aromatic heterocycles. The lowest BCUT2D eigenvalue weighted by atomic mass is 10.0. The van der Waals surface area contributed by atoms with Gasteiger partial charge in [-0.1, -0.05) is 18.2 Å². The van der Waals surface area contributed by atoms with Crippen molar-refractivity contribution in [3.8, 4) is 0 Å². The van der Waals surface area contributed by atoms with Crippen molar-refractivity contribution in [2.24, 2.45) is 5.73 Å². The molecule has 6 amide bonds. The average Bonchev–Trinajstić information content (AvgIpc) is 3.51. The van der Waals surface area contributed by atoms with Crippen LogP contribution in [0.15, 0.2) is 30.5 Å². The smallest absolute Gasteiger partial charge is 0.326 e. The van der Waals surface area contributed by atoms with Crippen LogP contribution in [0, 0.1) is 0 Å². The number of para-hydroxylation sites is 1. The number of carbonyl (C=O) groups excluding carboxylic acids is 6. The predicted molar refractivity (Wildman–Crippen MR) is 184 cm³/mol. The third kappa shape index (κ3) is 14.7. The number of aliphatic hydroxyl groups excluding tert-OH is 1. The molecule has 0 bridgehead atoms. The highest BCUT2D eigenvalue weighted by atomic mass is 16.4. The van der Waals surface area contributed by atoms with E-state index in [-0.39, 0.29) is 6.42 Å². The zero-order valence-electron chi connectivity index (χ0n) is 29.2. The molecule has 0 aliphatic carbocycles. The highest BCUT2D eigenvalue weighted by Gasteiger charge is 2.34. The monoisotopic (exact) mass is 778 g/mol. The lowest BCUT2D eigenvalue weighted by Crippen LogP contribution is -2.60. The van der Waals surface area contributed by atoms with Crippen LogP contribution in [-0.4, -0.2) is 139 Å². The van der Waals surface area contributed by atoms with Gasteiger partial charge in [-0.05, 0) is 25.0 Å². The molecule has 0 saturated carbocycles. The van der Waals surface area contributed by atoms with Gasteiger partial charge in [0.15, 0.2) is 0 Å². The molecule has 0 unspecified atom stereocenters. The number of nitrogens with two attached hydrogens (primary N) is 1. The number of hydrogen-bond donors (Lipinski definition) is 13. The van der Waals surface area contributed by atoms with Crippen LogP contribution >= 0.6 is 0 Å². The Morgan fingerprint density at radius 2 is 1.20 bits per heavy atom. The Bertz CT molecular complexity index is 1780. The van der Waals surface area contributed by atoms with Crippen LogP contribution < -0.4 is 37.6 Å². The van der Waals surface area contributed by atoms with E-state index in [1.165, 1.54) is 6.92 Å². The fourth-order valence-electron chi connectivity index (χ4n) is 4.88. The van der Waals surface area contributed by atoms with Gasteiger partial charge in [-0.3, -0.25) is 43.2 Å². The molecule has 23 heteroatoms. The number of aromatic amines is 1. The Labute approximate surface area is 310 Å². The summed E-state index contributed by atoms with van der Waals surface area (Å²) < 4.78 is 0. The fraction of sp³-hybridized carbons (Fsp3) is 0.438. The van der Waals surface area contributed by atoms with Gasteiger partial charge >= 0.3 is 23.9 Å². The first-order valence-corrected chi connectivity index (χ1v) is 16.4. The van der Waals surface area contributed by atoms with E-state index in [0.717, 1.165) is 0 Å². The van der Waals surface area contributed by atoms with E-state index in [1.54, 1.807) is 30.5 Å². The zero-order valence-corrected chi connectivity index (χ0v) is 29.2. The zero-order chi connectivity index (χ0) is 41.4. The SMILES string of the molecule is C[C@H](N)C(=O)NCC(=O)N[C@@H](Cc1c[nH]c2ccccc12)C(=O)N[C@@H](CC(=O)O)C(=O)N[C@@H](CCC(=O)O)C(=O)N[C@@H](CO)C(=O)N[C@@H](CC(=O)O)C(=O)O. The van der Waals surface area contributed by atoms with E-state index < -0.39 is 134 Å². The van der Waals surface area contributed by atoms with Crippen LogP contribution in [0.25, 0.3) is 10.9 Å². The molecule has 300 valence electrons. The standard InChI is InChI=1S/C32H42N8O15/c1-14(33)27(49)35-12-23(42)36-19(8-15-11-34-17-5-3-2-4-16(15)17)29(51)38-20(9-25(45)46)30(52)37-18(6-7-24(43)44)28(50)40-22(13-41)31(53)39-21(32(54)55)10-26(47)48/h2-5,11,14,18-22,34,41H,6-10,12-13,33H2,1H3,(H,35,49)(H,36,42)(H,37,52)(H,38,51)(H,39,53)(H,40,50)(H,43,44)(H,45,46)(H,47,48)(H,54,55)/t14-,18-,19-,20-,21-,22-/m0/s1. The van der Waals surface area contributed by atoms with Crippen LogP contribution in [0.5, 0.6) is 0 Å². The highest BCUT2D eigenvalue weighted by Crippen LogP contribution is 2.19. The lowest BCUT2D eigenvalue weighted by molar-refractivity contribution is -0.147. The van der Waals surface area contributed by atoms with Crippen molar-refractivity contribution in [1.29, 1.82) is 0 Å². The Morgan fingerprint density at radius 1 is 0.673 bits per heavy atom. The van der Waals surface area contributed by atoms with E-state index in [0.29, 0.717) is 16.5 Å². The minimum atomic E-state index is -1.98. The van der Waals surface area contributed by atoms with E-state index in [2.05, 4.69) is 26.3 Å². The average molecular weight is 779 g/mol. The number of hydrogen-bond acceptors (Lipinski definition) is 12. The number of carboxylic acids is 4. The van der Waals surface area contributed by atoms with Crippen molar-refractivity contribution in [2.75, 3.05) is 13.2 Å². The van der Waals surface area contributed by atoms with Gasteiger partial charge in [0.05, 0.1) is 32.0 Å². The largest absolute Gasteiger partial charge is 0.481 e. The summed E-state index contributed by atoms with van der Waals surface area (Å²) in [6, 6.07) is -3.28. The van der Waals surface area contributed by atoms with Crippen LogP contribution in [-0.2, 0) is 54.4 Å². The number of fused-ring (bicyclic) bond motifs is 1. The maximum atomic E-state index is 13.7. The van der Waals surface area contributed by atoms with Crippen molar-refractivity contribution in [1.82, 2.24) is 36.9 Å². The molecule has 0 spiro atoms. The molecule has 6 atom stereocenters. The maximum absolute atomic E-state index is 13.7. The fourth-order valence-corrected chi connectivity index (χ4v) is 4.88. The van der Waals surface area contributed by atoms with Crippen molar-refractivity contribution >= 4 is 70.2 Å². The second-order valence-electron chi connectivity index (χ2n) is 12.1. The number of benzene rings is 1. The number of rotatable bonds is 23. The number of amides is 6. The van der Waals surface area contributed by atoms with Gasteiger partial charge in [0.1, 0.15) is 30.2 Å². The number of H-pyrrole nitrogens is 1. The van der Waals surface area contributed by atoms with Gasteiger partial charge in [-0.25, -0.2) is 4.79 Å². The van der Waals surface area contributed by atoms with Gasteiger partial charge in [-0.2, -0.15) is 0 Å². The van der Waals surface area contributed by atoms with Crippen LogP contribution in [0.1, 0.15) is 38.2 Å². The number of carboxylic acid groups (broad SMARTS) is 4. The molecule has 2 rings (SSSR count). The Kier molecular flexibility index (Phi) is 17.1. The van der Waals surface area contributed by atoms with Crippen LogP contribution in [0.3, 0.4) is 0 Å². The quantitative estimate of drug-likeness (QED) is 0.0505. The Morgan fingerprint density at radius 3 is 1.78 bits per heavy atom. The van der Waals surface area contributed by atoms with Crippen molar-refractivity contribution < 1.29 is 73.5 Å². The Balaban J connectivity index is 2.34. The minimum Gasteiger partial charge on any atom is -0.481 e. The molecule has 0 aliphatic rings. The van der Waals surface area contributed by atoms with Gasteiger partial charge in [0.2, 0.25) is 35.4 Å². The molecule has 23 nitrogen and oxygen atoms in total. The Hall–Kier alpha value is -6.62. The molecule has 2 aromatic rings. The third-order valence-electron chi connectivity index (χ3n) is 7.69. The molecule has 0 saturated heterocycles. The summed E-state index contributed by atoms with van der Waals surface area (Å²) in [5.74, 6) is -13.1. The topological polar surface area (TPSA) is 386 Å². The predicted octanol–water partition coefficient (Wildman–Crippen LogP) is -4.51.